The van der Waals surface area contributed by atoms with Gasteiger partial charge in [0.15, 0.2) is 0 Å². The molecule has 1 aliphatic heterocycles. The number of nitrogens with zero attached hydrogens (tertiary/aromatic N) is 3. The van der Waals surface area contributed by atoms with E-state index >= 15 is 4.39 Å². The van der Waals surface area contributed by atoms with Gasteiger partial charge in [0.25, 0.3) is 0 Å². The van der Waals surface area contributed by atoms with Crippen LogP contribution < -0.4 is 5.73 Å². The molecule has 0 aliphatic carbocycles. The average molecular weight is 743 g/mol. The summed E-state index contributed by atoms with van der Waals surface area (Å²) in [5, 5.41) is 9.31. The monoisotopic (exact) mass is 742 g/mol. The van der Waals surface area contributed by atoms with Crippen LogP contribution in [0.25, 0.3) is 11.1 Å². The number of amides is 2. The van der Waals surface area contributed by atoms with Crippen molar-refractivity contribution in [1.29, 1.82) is 0 Å². The number of likely N-dealkylation sites (tertiary alicyclic amines) is 1. The largest absolute Gasteiger partial charge is 0.480 e. The lowest BCUT2D eigenvalue weighted by molar-refractivity contribution is -0.138. The second-order valence-corrected chi connectivity index (χ2v) is 22.3. The Morgan fingerprint density at radius 3 is 2.45 bits per heavy atom. The van der Waals surface area contributed by atoms with Crippen LogP contribution in [-0.2, 0) is 20.9 Å². The van der Waals surface area contributed by atoms with E-state index < -0.39 is 43.2 Å². The number of nitrogens with two attached hydrogens (primary N) is 1. The quantitative estimate of drug-likeness (QED) is 0.157. The topological polar surface area (TPSA) is 118 Å². The molecule has 1 aliphatic rings. The summed E-state index contributed by atoms with van der Waals surface area (Å²) >= 11 is 1.16. The van der Waals surface area contributed by atoms with Crippen LogP contribution in [0, 0.1) is 23.0 Å². The zero-order chi connectivity index (χ0) is 37.5. The Kier molecular flexibility index (Phi) is 13.5. The normalized spacial score (nSPS) is 16.2. The number of thioether (sulfide) groups is 1. The van der Waals surface area contributed by atoms with E-state index in [9.17, 15) is 23.9 Å². The van der Waals surface area contributed by atoms with Crippen LogP contribution in [0.15, 0.2) is 60.8 Å². The molecule has 4 rings (SSSR count). The molecule has 1 aromatic heterocycles. The van der Waals surface area contributed by atoms with Gasteiger partial charge in [0, 0.05) is 63.0 Å². The van der Waals surface area contributed by atoms with Gasteiger partial charge >= 0.3 is 12.1 Å². The molecule has 2 amide bonds. The van der Waals surface area contributed by atoms with Crippen molar-refractivity contribution in [3.05, 3.63) is 83.7 Å². The zero-order valence-corrected chi connectivity index (χ0v) is 32.3. The number of carboxylic acid groups (broad SMARTS) is 1. The molecule has 2 aromatic carbocycles. The van der Waals surface area contributed by atoms with Crippen LogP contribution in [-0.4, -0.2) is 89.3 Å². The number of halogens is 2. The molecular weight excluding hydrogens is 691 g/mol. The number of hydrogen-bond donors (Lipinski definition) is 2. The van der Waals surface area contributed by atoms with E-state index in [0.29, 0.717) is 44.8 Å². The molecule has 0 spiro atoms. The van der Waals surface area contributed by atoms with Crippen molar-refractivity contribution in [2.24, 2.45) is 17.1 Å². The highest BCUT2D eigenvalue weighted by molar-refractivity contribution is 8.00. The number of carboxylic acids is 1. The van der Waals surface area contributed by atoms with Crippen molar-refractivity contribution in [3.8, 4) is 11.1 Å². The summed E-state index contributed by atoms with van der Waals surface area (Å²) < 4.78 is 37.2. The first-order valence-corrected chi connectivity index (χ1v) is 22.3. The number of benzene rings is 2. The Morgan fingerprint density at radius 1 is 1.10 bits per heavy atom. The summed E-state index contributed by atoms with van der Waals surface area (Å²) in [6, 6.07) is 14.2. The summed E-state index contributed by atoms with van der Waals surface area (Å²) in [5.41, 5.74) is 7.54. The number of carbonyl (C=O) groups excluding carboxylic acids is 2. The standard InChI is InChI=1S/C38H52F2N4O5SSi/c1-38(2,3)35(33-18-28(30-19-29(39)12-13-31(30)40)23-43(33)20-26-10-8-7-9-11-26)44(34(45)25-50-24-32(41)36(46)47)22-27-14-15-42(21-27)37(48)49-16-17-51(4,5)6/h7-13,18-19,23,27,32,35H,14-17,20-22,24-25,41H2,1-6H3,(H,46,47)/t27?,32-,35-/m0/s1. The van der Waals surface area contributed by atoms with Crippen molar-refractivity contribution in [1.82, 2.24) is 14.4 Å². The van der Waals surface area contributed by atoms with Crippen LogP contribution in [0.1, 0.15) is 44.5 Å². The molecule has 0 bridgehead atoms. The maximum absolute atomic E-state index is 15.2. The van der Waals surface area contributed by atoms with Gasteiger partial charge < -0.3 is 29.9 Å². The van der Waals surface area contributed by atoms with Crippen LogP contribution in [0.4, 0.5) is 13.6 Å². The van der Waals surface area contributed by atoms with Gasteiger partial charge in [-0.25, -0.2) is 13.6 Å². The van der Waals surface area contributed by atoms with Gasteiger partial charge in [-0.2, -0.15) is 0 Å². The van der Waals surface area contributed by atoms with E-state index in [1.165, 1.54) is 6.07 Å². The van der Waals surface area contributed by atoms with Gasteiger partial charge in [0.05, 0.1) is 18.4 Å². The molecule has 0 radical (unpaired) electrons. The SMILES string of the molecule is CC(C)(C)[C@H](c1cc(-c2cc(F)ccc2F)cn1Cc1ccccc1)N(CC1CCN(C(=O)OCC[Si](C)(C)C)C1)C(=O)CSC[C@H](N)C(=O)O. The Bertz CT molecular complexity index is 1660. The molecule has 1 fully saturated rings. The fraction of sp³-hybridized carbons (Fsp3) is 0.500. The molecule has 3 aromatic rings. The fourth-order valence-corrected chi connectivity index (χ4v) is 7.92. The average Bonchev–Trinajstić information content (AvgIpc) is 3.68. The minimum atomic E-state index is -1.38. The molecule has 1 unspecified atom stereocenters. The number of ether oxygens (including phenoxy) is 1. The highest BCUT2D eigenvalue weighted by Crippen LogP contribution is 2.42. The van der Waals surface area contributed by atoms with Crippen molar-refractivity contribution in [2.75, 3.05) is 37.7 Å². The summed E-state index contributed by atoms with van der Waals surface area (Å²) in [4.78, 5) is 42.2. The first kappa shape index (κ1) is 40.1. The summed E-state index contributed by atoms with van der Waals surface area (Å²) in [6.45, 7) is 14.8. The fourth-order valence-electron chi connectivity index (χ4n) is 6.35. The number of aromatic nitrogens is 1. The van der Waals surface area contributed by atoms with Crippen molar-refractivity contribution in [2.45, 2.75) is 71.5 Å². The third kappa shape index (κ3) is 11.4. The third-order valence-corrected chi connectivity index (χ3v) is 11.8. The Hall–Kier alpha value is -3.68. The first-order valence-electron chi connectivity index (χ1n) is 17.4. The number of hydrogen-bond acceptors (Lipinski definition) is 6. The highest BCUT2D eigenvalue weighted by Gasteiger charge is 2.40. The molecule has 0 saturated carbocycles. The predicted octanol–water partition coefficient (Wildman–Crippen LogP) is 7.34. The van der Waals surface area contributed by atoms with E-state index in [4.69, 9.17) is 10.5 Å². The molecule has 9 nitrogen and oxygen atoms in total. The molecule has 278 valence electrons. The van der Waals surface area contributed by atoms with Crippen molar-refractivity contribution >= 4 is 37.8 Å². The molecule has 51 heavy (non-hydrogen) atoms. The zero-order valence-electron chi connectivity index (χ0n) is 30.5. The van der Waals surface area contributed by atoms with E-state index in [1.54, 1.807) is 11.1 Å². The van der Waals surface area contributed by atoms with Crippen LogP contribution in [0.5, 0.6) is 0 Å². The van der Waals surface area contributed by atoms with E-state index in [2.05, 4.69) is 19.6 Å². The van der Waals surface area contributed by atoms with Gasteiger partial charge in [0.2, 0.25) is 5.91 Å². The number of rotatable bonds is 15. The highest BCUT2D eigenvalue weighted by atomic mass is 32.2. The van der Waals surface area contributed by atoms with Crippen molar-refractivity contribution in [3.63, 3.8) is 0 Å². The Balaban J connectivity index is 1.72. The summed E-state index contributed by atoms with van der Waals surface area (Å²) in [7, 11) is -1.38. The van der Waals surface area contributed by atoms with E-state index in [0.717, 1.165) is 41.2 Å². The molecule has 1 saturated heterocycles. The second-order valence-electron chi connectivity index (χ2n) is 15.7. The second kappa shape index (κ2) is 17.2. The first-order chi connectivity index (χ1) is 23.9. The van der Waals surface area contributed by atoms with E-state index in [1.807, 2.05) is 66.6 Å². The maximum atomic E-state index is 15.2. The van der Waals surface area contributed by atoms with Gasteiger partial charge in [-0.05, 0) is 53.6 Å². The summed E-state index contributed by atoms with van der Waals surface area (Å²) in [5.74, 6) is -2.47. The minimum Gasteiger partial charge on any atom is -0.480 e. The van der Waals surface area contributed by atoms with Gasteiger partial charge in [-0.1, -0.05) is 70.7 Å². The maximum Gasteiger partial charge on any atom is 0.409 e. The molecule has 3 atom stereocenters. The third-order valence-electron chi connectivity index (χ3n) is 9.01. The lowest BCUT2D eigenvalue weighted by Gasteiger charge is -2.42. The van der Waals surface area contributed by atoms with Gasteiger partial charge in [-0.15, -0.1) is 11.8 Å². The lowest BCUT2D eigenvalue weighted by atomic mass is 9.82. The Morgan fingerprint density at radius 2 is 1.80 bits per heavy atom. The van der Waals surface area contributed by atoms with E-state index in [-0.39, 0.29) is 35.0 Å². The van der Waals surface area contributed by atoms with Gasteiger partial charge in [0.1, 0.15) is 17.7 Å². The van der Waals surface area contributed by atoms with Crippen LogP contribution in [0.2, 0.25) is 25.7 Å². The molecule has 3 N–H and O–H groups in total. The smallest absolute Gasteiger partial charge is 0.409 e. The lowest BCUT2D eigenvalue weighted by Crippen LogP contribution is -2.46. The summed E-state index contributed by atoms with van der Waals surface area (Å²) in [6.07, 6.45) is 2.12. The van der Waals surface area contributed by atoms with Crippen LogP contribution >= 0.6 is 11.8 Å². The molecule has 13 heteroatoms. The minimum absolute atomic E-state index is 0.00644. The van der Waals surface area contributed by atoms with Crippen molar-refractivity contribution < 1.29 is 33.0 Å². The number of aliphatic carboxylic acids is 1. The molecule has 2 heterocycles. The molecular formula is C38H52F2N4O5SSi. The Labute approximate surface area is 305 Å². The number of carbonyl (C=O) groups is 3. The van der Waals surface area contributed by atoms with Crippen LogP contribution in [0.3, 0.4) is 0 Å². The predicted molar refractivity (Wildman–Crippen MR) is 201 cm³/mol. The van der Waals surface area contributed by atoms with Gasteiger partial charge in [-0.3, -0.25) is 9.59 Å².